The summed E-state index contributed by atoms with van der Waals surface area (Å²) in [5, 5.41) is 0. The second-order valence-electron chi connectivity index (χ2n) is 5.27. The van der Waals surface area contributed by atoms with Gasteiger partial charge in [0.25, 0.3) is 0 Å². The summed E-state index contributed by atoms with van der Waals surface area (Å²) in [7, 11) is 0. The summed E-state index contributed by atoms with van der Waals surface area (Å²) in [5.74, 6) is 0.649. The maximum atomic E-state index is 5.96. The van der Waals surface area contributed by atoms with Crippen LogP contribution in [-0.4, -0.2) is 0 Å². The van der Waals surface area contributed by atoms with Crippen LogP contribution in [0.4, 0.5) is 0 Å². The lowest BCUT2D eigenvalue weighted by Gasteiger charge is -2.24. The van der Waals surface area contributed by atoms with Gasteiger partial charge in [-0.1, -0.05) is 43.0 Å². The largest absolute Gasteiger partial charge is 0.399 e. The van der Waals surface area contributed by atoms with E-state index in [2.05, 4.69) is 43.8 Å². The van der Waals surface area contributed by atoms with Crippen LogP contribution < -0.4 is 5.73 Å². The molecule has 0 radical (unpaired) electrons. The Morgan fingerprint density at radius 2 is 2.21 bits per heavy atom. The molecular weight excluding hydrogens is 230 g/mol. The van der Waals surface area contributed by atoms with Crippen LogP contribution in [-0.2, 0) is 6.42 Å². The lowest BCUT2D eigenvalue weighted by Crippen LogP contribution is -2.09. The number of benzene rings is 1. The van der Waals surface area contributed by atoms with Crippen LogP contribution in [0.5, 0.6) is 0 Å². The average molecular weight is 253 g/mol. The smallest absolute Gasteiger partial charge is 0.0340 e. The van der Waals surface area contributed by atoms with E-state index in [1.807, 2.05) is 6.08 Å². The molecule has 0 fully saturated rings. The van der Waals surface area contributed by atoms with E-state index in [1.54, 1.807) is 6.08 Å². The number of nitrogens with two attached hydrogens (primary N) is 1. The highest BCUT2D eigenvalue weighted by molar-refractivity contribution is 5.34. The number of allylic oxidation sites excluding steroid dienone is 4. The van der Waals surface area contributed by atoms with Gasteiger partial charge in [-0.05, 0) is 61.3 Å². The minimum Gasteiger partial charge on any atom is -0.399 e. The summed E-state index contributed by atoms with van der Waals surface area (Å²) in [6.45, 7) is 5.75. The molecule has 1 aliphatic carbocycles. The highest BCUT2D eigenvalue weighted by atomic mass is 14.6. The lowest BCUT2D eigenvalue weighted by molar-refractivity contribution is 0.557. The summed E-state index contributed by atoms with van der Waals surface area (Å²) in [6, 6.07) is 8.85. The van der Waals surface area contributed by atoms with E-state index in [4.69, 9.17) is 5.73 Å². The first-order valence-corrected chi connectivity index (χ1v) is 7.05. The molecule has 1 aromatic carbocycles. The summed E-state index contributed by atoms with van der Waals surface area (Å²) in [4.78, 5) is 0. The van der Waals surface area contributed by atoms with Crippen LogP contribution in [0.25, 0.3) is 0 Å². The molecule has 2 rings (SSSR count). The molecule has 1 heteroatoms. The van der Waals surface area contributed by atoms with Gasteiger partial charge in [0.1, 0.15) is 0 Å². The number of hydrogen-bond donors (Lipinski definition) is 1. The van der Waals surface area contributed by atoms with Gasteiger partial charge in [0.15, 0.2) is 0 Å². The van der Waals surface area contributed by atoms with Crippen molar-refractivity contribution in [3.63, 3.8) is 0 Å². The van der Waals surface area contributed by atoms with E-state index in [-0.39, 0.29) is 0 Å². The van der Waals surface area contributed by atoms with E-state index in [0.29, 0.717) is 5.92 Å². The fraction of sp³-hybridized carbons (Fsp3) is 0.333. The SMILES string of the molecule is C=C/C=C(N)\C(C)=C/C[C@@H]1CCCc2ccccc21. The molecule has 0 unspecified atom stereocenters. The normalized spacial score (nSPS) is 19.9. The van der Waals surface area contributed by atoms with Gasteiger partial charge in [-0.3, -0.25) is 0 Å². The second kappa shape index (κ2) is 6.42. The van der Waals surface area contributed by atoms with Crippen molar-refractivity contribution >= 4 is 0 Å². The summed E-state index contributed by atoms with van der Waals surface area (Å²) in [6.07, 6.45) is 10.8. The zero-order valence-electron chi connectivity index (χ0n) is 11.7. The fourth-order valence-corrected chi connectivity index (χ4v) is 2.79. The number of rotatable bonds is 4. The molecule has 0 amide bonds. The Hall–Kier alpha value is -1.76. The first-order chi connectivity index (χ1) is 9.22. The molecule has 1 atom stereocenters. The Morgan fingerprint density at radius 1 is 1.42 bits per heavy atom. The first kappa shape index (κ1) is 13.7. The number of aryl methyl sites for hydroxylation is 1. The van der Waals surface area contributed by atoms with Gasteiger partial charge in [-0.15, -0.1) is 0 Å². The Morgan fingerprint density at radius 3 is 3.00 bits per heavy atom. The average Bonchev–Trinajstić information content (AvgIpc) is 2.45. The van der Waals surface area contributed by atoms with Crippen LogP contribution in [0.2, 0.25) is 0 Å². The molecule has 1 aromatic rings. The standard InChI is InChI=1S/C18H23N/c1-3-7-18(19)14(2)12-13-16-10-6-9-15-8-4-5-11-17(15)16/h3-5,7-8,11-12,16H,1,6,9-10,13,19H2,2H3/b14-12-,18-7+/t16-/m0/s1. The van der Waals surface area contributed by atoms with Crippen molar-refractivity contribution in [2.45, 2.75) is 38.5 Å². The molecule has 1 nitrogen and oxygen atoms in total. The lowest BCUT2D eigenvalue weighted by atomic mass is 9.81. The highest BCUT2D eigenvalue weighted by Crippen LogP contribution is 2.34. The van der Waals surface area contributed by atoms with Crippen LogP contribution in [0, 0.1) is 0 Å². The molecule has 0 spiro atoms. The summed E-state index contributed by atoms with van der Waals surface area (Å²) >= 11 is 0. The van der Waals surface area contributed by atoms with Crippen molar-refractivity contribution in [2.24, 2.45) is 5.73 Å². The van der Waals surface area contributed by atoms with Crippen LogP contribution in [0.3, 0.4) is 0 Å². The van der Waals surface area contributed by atoms with Gasteiger partial charge in [0, 0.05) is 5.70 Å². The molecule has 19 heavy (non-hydrogen) atoms. The molecule has 0 aromatic heterocycles. The van der Waals surface area contributed by atoms with Gasteiger partial charge < -0.3 is 5.73 Å². The van der Waals surface area contributed by atoms with Crippen LogP contribution in [0.15, 0.2) is 60.3 Å². The maximum Gasteiger partial charge on any atom is 0.0340 e. The van der Waals surface area contributed by atoms with Crippen molar-refractivity contribution in [1.29, 1.82) is 0 Å². The molecule has 0 bridgehead atoms. The first-order valence-electron chi connectivity index (χ1n) is 7.05. The van der Waals surface area contributed by atoms with Gasteiger partial charge in [0.2, 0.25) is 0 Å². The van der Waals surface area contributed by atoms with Crippen molar-refractivity contribution in [2.75, 3.05) is 0 Å². The number of hydrogen-bond acceptors (Lipinski definition) is 1. The molecule has 0 aliphatic heterocycles. The van der Waals surface area contributed by atoms with Crippen molar-refractivity contribution in [3.8, 4) is 0 Å². The Balaban J connectivity index is 2.11. The molecule has 0 heterocycles. The molecule has 0 saturated heterocycles. The van der Waals surface area contributed by atoms with E-state index >= 15 is 0 Å². The van der Waals surface area contributed by atoms with E-state index in [0.717, 1.165) is 17.7 Å². The Kier molecular flexibility index (Phi) is 4.62. The minimum atomic E-state index is 0.649. The van der Waals surface area contributed by atoms with Gasteiger partial charge in [-0.2, -0.15) is 0 Å². The molecule has 1 aliphatic rings. The molecule has 0 saturated carbocycles. The van der Waals surface area contributed by atoms with E-state index in [9.17, 15) is 0 Å². The maximum absolute atomic E-state index is 5.96. The van der Waals surface area contributed by atoms with Crippen LogP contribution in [0.1, 0.15) is 43.2 Å². The predicted molar refractivity (Wildman–Crippen MR) is 83.0 cm³/mol. The third-order valence-corrected chi connectivity index (χ3v) is 3.95. The third-order valence-electron chi connectivity index (χ3n) is 3.95. The van der Waals surface area contributed by atoms with Crippen molar-refractivity contribution in [1.82, 2.24) is 0 Å². The van der Waals surface area contributed by atoms with E-state index < -0.39 is 0 Å². The predicted octanol–water partition coefficient (Wildman–Crippen LogP) is 4.47. The minimum absolute atomic E-state index is 0.649. The van der Waals surface area contributed by atoms with Gasteiger partial charge in [-0.25, -0.2) is 0 Å². The topological polar surface area (TPSA) is 26.0 Å². The van der Waals surface area contributed by atoms with E-state index in [1.165, 1.54) is 30.4 Å². The Labute approximate surface area is 116 Å². The van der Waals surface area contributed by atoms with Gasteiger partial charge in [0.05, 0.1) is 0 Å². The summed E-state index contributed by atoms with van der Waals surface area (Å²) in [5.41, 5.74) is 11.0. The molecule has 100 valence electrons. The Bertz CT molecular complexity index is 508. The highest BCUT2D eigenvalue weighted by Gasteiger charge is 2.18. The molecular formula is C18H23N. The summed E-state index contributed by atoms with van der Waals surface area (Å²) < 4.78 is 0. The monoisotopic (exact) mass is 253 g/mol. The van der Waals surface area contributed by atoms with Crippen molar-refractivity contribution in [3.05, 3.63) is 71.5 Å². The third kappa shape index (κ3) is 3.37. The fourth-order valence-electron chi connectivity index (χ4n) is 2.79. The molecule has 2 N–H and O–H groups in total. The van der Waals surface area contributed by atoms with Crippen LogP contribution >= 0.6 is 0 Å². The zero-order valence-corrected chi connectivity index (χ0v) is 11.7. The second-order valence-corrected chi connectivity index (χ2v) is 5.27. The quantitative estimate of drug-likeness (QED) is 0.787. The number of fused-ring (bicyclic) bond motifs is 1. The zero-order chi connectivity index (χ0) is 13.7. The van der Waals surface area contributed by atoms with Gasteiger partial charge >= 0.3 is 0 Å². The van der Waals surface area contributed by atoms with Crippen molar-refractivity contribution < 1.29 is 0 Å².